The van der Waals surface area contributed by atoms with Gasteiger partial charge in [0.15, 0.2) is 0 Å². The molecule has 138 valence electrons. The van der Waals surface area contributed by atoms with E-state index in [1.165, 1.54) is 4.88 Å². The number of likely N-dealkylation sites (tertiary alicyclic amines) is 2. The molecule has 0 spiro atoms. The molecule has 1 aromatic heterocycles. The monoisotopic (exact) mass is 364 g/mol. The molecular weight excluding hydrogens is 336 g/mol. The van der Waals surface area contributed by atoms with Crippen LogP contribution in [0.5, 0.6) is 0 Å². The van der Waals surface area contributed by atoms with Gasteiger partial charge in [0.25, 0.3) is 0 Å². The highest BCUT2D eigenvalue weighted by molar-refractivity contribution is 7.09. The number of ether oxygens (including phenoxy) is 1. The van der Waals surface area contributed by atoms with Gasteiger partial charge in [-0.3, -0.25) is 9.59 Å². The summed E-state index contributed by atoms with van der Waals surface area (Å²) in [4.78, 5) is 30.2. The summed E-state index contributed by atoms with van der Waals surface area (Å²) < 4.78 is 5.30. The Balaban J connectivity index is 1.54. The van der Waals surface area contributed by atoms with Gasteiger partial charge < -0.3 is 14.5 Å². The number of piperidine rings is 2. The van der Waals surface area contributed by atoms with Crippen LogP contribution in [0.4, 0.5) is 0 Å². The number of carbonyl (C=O) groups is 2. The van der Waals surface area contributed by atoms with Crippen LogP contribution in [0, 0.1) is 5.92 Å². The van der Waals surface area contributed by atoms with Crippen LogP contribution >= 0.6 is 11.3 Å². The van der Waals surface area contributed by atoms with E-state index in [1.54, 1.807) is 11.3 Å². The van der Waals surface area contributed by atoms with Crippen LogP contribution in [-0.2, 0) is 20.7 Å². The van der Waals surface area contributed by atoms with Crippen molar-refractivity contribution in [1.29, 1.82) is 0 Å². The Morgan fingerprint density at radius 2 is 2.28 bits per heavy atom. The van der Waals surface area contributed by atoms with E-state index in [4.69, 9.17) is 4.74 Å². The van der Waals surface area contributed by atoms with Gasteiger partial charge in [-0.05, 0) is 43.6 Å². The van der Waals surface area contributed by atoms with Crippen LogP contribution in [0.25, 0.3) is 0 Å². The van der Waals surface area contributed by atoms with Crippen LogP contribution < -0.4 is 0 Å². The molecule has 2 atom stereocenters. The summed E-state index contributed by atoms with van der Waals surface area (Å²) in [5.41, 5.74) is 0. The van der Waals surface area contributed by atoms with E-state index in [1.807, 2.05) is 11.8 Å². The van der Waals surface area contributed by atoms with Crippen molar-refractivity contribution in [2.45, 2.75) is 45.1 Å². The number of hydrogen-bond donors (Lipinski definition) is 0. The molecule has 2 fully saturated rings. The molecule has 0 bridgehead atoms. The van der Waals surface area contributed by atoms with Crippen molar-refractivity contribution in [2.24, 2.45) is 5.92 Å². The third-order valence-corrected chi connectivity index (χ3v) is 6.28. The van der Waals surface area contributed by atoms with Crippen molar-refractivity contribution in [1.82, 2.24) is 9.80 Å². The molecule has 0 saturated carbocycles. The standard InChI is InChI=1S/C19H28N2O3S/c1-2-24-12-9-18(22)20-10-8-17-15(14-20)5-6-19(23)21(17)11-7-16-4-3-13-25-16/h3-4,13,15,17H,2,5-12,14H2,1H3/t15-,17+/m0/s1. The number of hydrogen-bond acceptors (Lipinski definition) is 4. The number of thiophene rings is 1. The first kappa shape index (κ1) is 18.4. The summed E-state index contributed by atoms with van der Waals surface area (Å²) in [5.74, 6) is 0.897. The Labute approximate surface area is 153 Å². The molecule has 0 aromatic carbocycles. The quantitative estimate of drug-likeness (QED) is 0.699. The van der Waals surface area contributed by atoms with Gasteiger partial charge in [0.05, 0.1) is 13.0 Å². The highest BCUT2D eigenvalue weighted by Gasteiger charge is 2.39. The predicted octanol–water partition coefficient (Wildman–Crippen LogP) is 2.56. The van der Waals surface area contributed by atoms with Crippen molar-refractivity contribution in [3.05, 3.63) is 22.4 Å². The van der Waals surface area contributed by atoms with Gasteiger partial charge in [-0.2, -0.15) is 0 Å². The van der Waals surface area contributed by atoms with Gasteiger partial charge in [0.2, 0.25) is 11.8 Å². The van der Waals surface area contributed by atoms with E-state index in [9.17, 15) is 9.59 Å². The van der Waals surface area contributed by atoms with Gasteiger partial charge in [-0.25, -0.2) is 0 Å². The SMILES string of the molecule is CCOCCC(=O)N1CC[C@@H]2[C@@H](CCC(=O)N2CCc2cccs2)C1. The molecule has 1 aromatic rings. The first-order valence-corrected chi connectivity index (χ1v) is 10.2. The van der Waals surface area contributed by atoms with E-state index < -0.39 is 0 Å². The first-order chi connectivity index (χ1) is 12.2. The van der Waals surface area contributed by atoms with Gasteiger partial charge in [0, 0.05) is 43.6 Å². The lowest BCUT2D eigenvalue weighted by molar-refractivity contribution is -0.144. The lowest BCUT2D eigenvalue weighted by Gasteiger charge is -2.47. The van der Waals surface area contributed by atoms with Crippen molar-refractivity contribution in [2.75, 3.05) is 32.8 Å². The molecule has 6 heteroatoms. The molecule has 25 heavy (non-hydrogen) atoms. The van der Waals surface area contributed by atoms with Crippen molar-refractivity contribution < 1.29 is 14.3 Å². The summed E-state index contributed by atoms with van der Waals surface area (Å²) >= 11 is 1.75. The zero-order valence-corrected chi connectivity index (χ0v) is 15.8. The van der Waals surface area contributed by atoms with E-state index in [0.29, 0.717) is 38.0 Å². The van der Waals surface area contributed by atoms with Crippen LogP contribution in [-0.4, -0.2) is 60.5 Å². The van der Waals surface area contributed by atoms with Crippen molar-refractivity contribution >= 4 is 23.2 Å². The lowest BCUT2D eigenvalue weighted by Crippen LogP contribution is -2.57. The molecule has 0 N–H and O–H groups in total. The molecule has 2 amide bonds. The van der Waals surface area contributed by atoms with Crippen LogP contribution in [0.2, 0.25) is 0 Å². The fourth-order valence-corrected chi connectivity index (χ4v) is 4.71. The molecule has 2 aliphatic rings. The predicted molar refractivity (Wildman–Crippen MR) is 98.6 cm³/mol. The molecule has 3 heterocycles. The largest absolute Gasteiger partial charge is 0.381 e. The van der Waals surface area contributed by atoms with Gasteiger partial charge >= 0.3 is 0 Å². The van der Waals surface area contributed by atoms with Crippen LogP contribution in [0.1, 0.15) is 37.5 Å². The topological polar surface area (TPSA) is 49.9 Å². The fourth-order valence-electron chi connectivity index (χ4n) is 4.02. The Morgan fingerprint density at radius 1 is 1.40 bits per heavy atom. The maximum Gasteiger partial charge on any atom is 0.224 e. The summed E-state index contributed by atoms with van der Waals surface area (Å²) in [7, 11) is 0. The number of nitrogens with zero attached hydrogens (tertiary/aromatic N) is 2. The summed E-state index contributed by atoms with van der Waals surface area (Å²) in [6.45, 7) is 5.45. The van der Waals surface area contributed by atoms with E-state index >= 15 is 0 Å². The summed E-state index contributed by atoms with van der Waals surface area (Å²) in [5, 5.41) is 2.09. The molecule has 0 aliphatic carbocycles. The molecular formula is C19H28N2O3S. The van der Waals surface area contributed by atoms with Gasteiger partial charge in [-0.15, -0.1) is 11.3 Å². The second-order valence-corrected chi connectivity index (χ2v) is 7.89. The normalized spacial score (nSPS) is 23.6. The molecule has 5 nitrogen and oxygen atoms in total. The zero-order chi connectivity index (χ0) is 17.6. The Kier molecular flexibility index (Phi) is 6.48. The Morgan fingerprint density at radius 3 is 3.04 bits per heavy atom. The van der Waals surface area contributed by atoms with Crippen LogP contribution in [0.15, 0.2) is 17.5 Å². The van der Waals surface area contributed by atoms with Crippen molar-refractivity contribution in [3.63, 3.8) is 0 Å². The number of amides is 2. The van der Waals surface area contributed by atoms with Gasteiger partial charge in [0.1, 0.15) is 0 Å². The first-order valence-electron chi connectivity index (χ1n) is 9.36. The highest BCUT2D eigenvalue weighted by atomic mass is 32.1. The van der Waals surface area contributed by atoms with Crippen LogP contribution in [0.3, 0.4) is 0 Å². The Hall–Kier alpha value is -1.40. The minimum Gasteiger partial charge on any atom is -0.381 e. The third kappa shape index (κ3) is 4.61. The number of fused-ring (bicyclic) bond motifs is 1. The average molecular weight is 365 g/mol. The van der Waals surface area contributed by atoms with E-state index in [-0.39, 0.29) is 11.8 Å². The lowest BCUT2D eigenvalue weighted by atomic mass is 9.83. The van der Waals surface area contributed by atoms with Gasteiger partial charge in [-0.1, -0.05) is 6.07 Å². The maximum absolute atomic E-state index is 12.4. The third-order valence-electron chi connectivity index (χ3n) is 5.34. The number of rotatable bonds is 7. The molecule has 0 unspecified atom stereocenters. The van der Waals surface area contributed by atoms with E-state index in [2.05, 4.69) is 22.4 Å². The average Bonchev–Trinajstić information content (AvgIpc) is 3.14. The molecule has 2 saturated heterocycles. The minimum absolute atomic E-state index is 0.189. The molecule has 0 radical (unpaired) electrons. The summed E-state index contributed by atoms with van der Waals surface area (Å²) in [6, 6.07) is 4.50. The van der Waals surface area contributed by atoms with E-state index in [0.717, 1.165) is 38.9 Å². The zero-order valence-electron chi connectivity index (χ0n) is 15.0. The smallest absolute Gasteiger partial charge is 0.224 e. The fraction of sp³-hybridized carbons (Fsp3) is 0.684. The van der Waals surface area contributed by atoms with Crippen molar-refractivity contribution in [3.8, 4) is 0 Å². The second-order valence-electron chi connectivity index (χ2n) is 6.86. The Bertz CT molecular complexity index is 575. The maximum atomic E-state index is 12.4. The molecule has 3 rings (SSSR count). The highest BCUT2D eigenvalue weighted by Crippen LogP contribution is 2.31. The molecule has 2 aliphatic heterocycles. The minimum atomic E-state index is 0.189. The summed E-state index contributed by atoms with van der Waals surface area (Å²) in [6.07, 6.45) is 3.83. The second kappa shape index (κ2) is 8.81. The number of carbonyl (C=O) groups excluding carboxylic acids is 2.